The van der Waals surface area contributed by atoms with Crippen LogP contribution in [0.4, 0.5) is 0 Å². The van der Waals surface area contributed by atoms with Gasteiger partial charge in [-0.3, -0.25) is 14.4 Å². The number of carbonyl (C=O) groups excluding carboxylic acids is 3. The Bertz CT molecular complexity index is 1150. The van der Waals surface area contributed by atoms with Crippen LogP contribution in [0.3, 0.4) is 0 Å². The minimum atomic E-state index is -0.786. The molecule has 0 aliphatic heterocycles. The van der Waals surface area contributed by atoms with Gasteiger partial charge in [-0.2, -0.15) is 0 Å². The molecule has 1 atom stereocenters. The molecular weight excluding hydrogens is 817 g/mol. The van der Waals surface area contributed by atoms with Crippen molar-refractivity contribution in [2.45, 2.75) is 303 Å². The molecule has 0 spiro atoms. The van der Waals surface area contributed by atoms with Gasteiger partial charge in [0.15, 0.2) is 6.10 Å². The van der Waals surface area contributed by atoms with Crippen LogP contribution in [0.25, 0.3) is 0 Å². The predicted octanol–water partition coefficient (Wildman–Crippen LogP) is 19.0. The summed E-state index contributed by atoms with van der Waals surface area (Å²) < 4.78 is 16.8. The van der Waals surface area contributed by atoms with Crippen LogP contribution in [0.15, 0.2) is 48.6 Å². The quantitative estimate of drug-likeness (QED) is 0.0262. The second-order valence-corrected chi connectivity index (χ2v) is 19.2. The van der Waals surface area contributed by atoms with Gasteiger partial charge in [0, 0.05) is 19.3 Å². The van der Waals surface area contributed by atoms with Crippen LogP contribution in [-0.4, -0.2) is 37.2 Å². The van der Waals surface area contributed by atoms with E-state index in [0.717, 1.165) is 89.9 Å². The number of ether oxygens (including phenoxy) is 3. The lowest BCUT2D eigenvalue weighted by molar-refractivity contribution is -0.167. The molecule has 66 heavy (non-hydrogen) atoms. The van der Waals surface area contributed by atoms with E-state index in [4.69, 9.17) is 14.2 Å². The number of esters is 3. The third-order valence-corrected chi connectivity index (χ3v) is 12.6. The van der Waals surface area contributed by atoms with Crippen LogP contribution < -0.4 is 0 Å². The first-order valence-corrected chi connectivity index (χ1v) is 28.6. The zero-order valence-corrected chi connectivity index (χ0v) is 44.0. The highest BCUT2D eigenvalue weighted by Gasteiger charge is 2.19. The van der Waals surface area contributed by atoms with Gasteiger partial charge in [0.25, 0.3) is 0 Å². The lowest BCUT2D eigenvalue weighted by atomic mass is 10.0. The second kappa shape index (κ2) is 55.0. The zero-order chi connectivity index (χ0) is 47.9. The summed E-state index contributed by atoms with van der Waals surface area (Å²) in [4.78, 5) is 38.1. The Morgan fingerprint density at radius 2 is 0.545 bits per heavy atom. The summed E-state index contributed by atoms with van der Waals surface area (Å²) in [5.74, 6) is -0.900. The van der Waals surface area contributed by atoms with E-state index in [2.05, 4.69) is 69.4 Å². The molecule has 0 aromatic carbocycles. The van der Waals surface area contributed by atoms with Crippen LogP contribution in [0.1, 0.15) is 297 Å². The molecule has 384 valence electrons. The molecule has 6 heteroatoms. The third kappa shape index (κ3) is 52.3. The highest BCUT2D eigenvalue weighted by Crippen LogP contribution is 2.16. The van der Waals surface area contributed by atoms with Crippen molar-refractivity contribution in [3.63, 3.8) is 0 Å². The largest absolute Gasteiger partial charge is 0.462 e. The van der Waals surface area contributed by atoms with E-state index in [0.29, 0.717) is 19.3 Å². The molecule has 6 nitrogen and oxygen atoms in total. The highest BCUT2D eigenvalue weighted by atomic mass is 16.6. The summed E-state index contributed by atoms with van der Waals surface area (Å²) in [5.41, 5.74) is 0. The van der Waals surface area contributed by atoms with Crippen LogP contribution >= 0.6 is 0 Å². The van der Waals surface area contributed by atoms with Gasteiger partial charge in [0.1, 0.15) is 13.2 Å². The van der Waals surface area contributed by atoms with E-state index in [9.17, 15) is 14.4 Å². The summed E-state index contributed by atoms with van der Waals surface area (Å²) in [7, 11) is 0. The summed E-state index contributed by atoms with van der Waals surface area (Å²) in [5, 5.41) is 0. The van der Waals surface area contributed by atoms with Gasteiger partial charge in [-0.05, 0) is 83.5 Å². The van der Waals surface area contributed by atoms with Gasteiger partial charge in [-0.15, -0.1) is 0 Å². The summed E-state index contributed by atoms with van der Waals surface area (Å²) >= 11 is 0. The normalized spacial score (nSPS) is 12.3. The molecule has 0 saturated heterocycles. The fraction of sp³-hybridized carbons (Fsp3) is 0.817. The standard InChI is InChI=1S/C60H108O6/c1-4-7-10-13-16-19-22-25-27-29-30-32-33-35-38-41-44-47-50-53-59(62)65-56-57(55-64-58(61)52-49-46-43-40-37-24-21-18-15-12-9-6-3)66-60(63)54-51-48-45-42-39-36-34-31-28-26-23-20-17-14-11-8-5-2/h17-18,20-21,26,28,34,36,57H,4-16,19,22-25,27,29-33,35,37-56H2,1-3H3/b20-17-,21-18-,28-26-,36-34-/t57-/m1/s1. The van der Waals surface area contributed by atoms with Crippen molar-refractivity contribution < 1.29 is 28.6 Å². The minimum absolute atomic E-state index is 0.0820. The first-order chi connectivity index (χ1) is 32.5. The molecule has 0 heterocycles. The van der Waals surface area contributed by atoms with E-state index in [1.54, 1.807) is 0 Å². The molecule has 0 N–H and O–H groups in total. The number of hydrogen-bond donors (Lipinski definition) is 0. The van der Waals surface area contributed by atoms with Crippen molar-refractivity contribution >= 4 is 17.9 Å². The molecule has 0 fully saturated rings. The molecule has 0 amide bonds. The first kappa shape index (κ1) is 63.4. The number of hydrogen-bond acceptors (Lipinski definition) is 6. The van der Waals surface area contributed by atoms with Crippen LogP contribution in [-0.2, 0) is 28.6 Å². The number of allylic oxidation sites excluding steroid dienone is 8. The molecular formula is C60H108O6. The molecule has 0 rings (SSSR count). The maximum atomic E-state index is 12.8. The molecule has 0 aromatic heterocycles. The Kier molecular flexibility index (Phi) is 52.8. The molecule has 0 bridgehead atoms. The molecule has 0 aliphatic carbocycles. The van der Waals surface area contributed by atoms with Crippen molar-refractivity contribution in [3.05, 3.63) is 48.6 Å². The smallest absolute Gasteiger partial charge is 0.306 e. The molecule has 0 unspecified atom stereocenters. The lowest BCUT2D eigenvalue weighted by Crippen LogP contribution is -2.30. The van der Waals surface area contributed by atoms with Gasteiger partial charge >= 0.3 is 17.9 Å². The average Bonchev–Trinajstić information content (AvgIpc) is 3.31. The maximum Gasteiger partial charge on any atom is 0.306 e. The van der Waals surface area contributed by atoms with Crippen LogP contribution in [0.5, 0.6) is 0 Å². The van der Waals surface area contributed by atoms with Crippen molar-refractivity contribution in [2.24, 2.45) is 0 Å². The predicted molar refractivity (Wildman–Crippen MR) is 284 cm³/mol. The molecule has 0 aromatic rings. The summed E-state index contributed by atoms with van der Waals surface area (Å²) in [6.45, 7) is 6.59. The second-order valence-electron chi connectivity index (χ2n) is 19.2. The third-order valence-electron chi connectivity index (χ3n) is 12.6. The molecule has 0 aliphatic rings. The average molecular weight is 926 g/mol. The van der Waals surface area contributed by atoms with Crippen molar-refractivity contribution in [2.75, 3.05) is 13.2 Å². The van der Waals surface area contributed by atoms with Gasteiger partial charge in [-0.25, -0.2) is 0 Å². The highest BCUT2D eigenvalue weighted by molar-refractivity contribution is 5.71. The van der Waals surface area contributed by atoms with E-state index < -0.39 is 6.10 Å². The lowest BCUT2D eigenvalue weighted by Gasteiger charge is -2.18. The van der Waals surface area contributed by atoms with Crippen LogP contribution in [0.2, 0.25) is 0 Å². The number of carbonyl (C=O) groups is 3. The number of rotatable bonds is 52. The van der Waals surface area contributed by atoms with Crippen LogP contribution in [0, 0.1) is 0 Å². The SMILES string of the molecule is CCCCC/C=C\C/C=C\C/C=C\CCCCCCC(=O)O[C@H](COC(=O)CCCCCCC/C=C\CCCCC)COC(=O)CCCCCCCCCCCCCCCCCCCCC. The Hall–Kier alpha value is -2.63. The molecule has 0 radical (unpaired) electrons. The fourth-order valence-electron chi connectivity index (χ4n) is 8.21. The summed E-state index contributed by atoms with van der Waals surface area (Å²) in [6.07, 6.45) is 66.7. The van der Waals surface area contributed by atoms with Crippen molar-refractivity contribution in [3.8, 4) is 0 Å². The minimum Gasteiger partial charge on any atom is -0.462 e. The summed E-state index contributed by atoms with van der Waals surface area (Å²) in [6, 6.07) is 0. The van der Waals surface area contributed by atoms with E-state index >= 15 is 0 Å². The monoisotopic (exact) mass is 925 g/mol. The first-order valence-electron chi connectivity index (χ1n) is 28.6. The Morgan fingerprint density at radius 1 is 0.303 bits per heavy atom. The fourth-order valence-corrected chi connectivity index (χ4v) is 8.21. The Labute approximate surface area is 409 Å². The van der Waals surface area contributed by atoms with Crippen molar-refractivity contribution in [1.29, 1.82) is 0 Å². The van der Waals surface area contributed by atoms with Crippen molar-refractivity contribution in [1.82, 2.24) is 0 Å². The van der Waals surface area contributed by atoms with Gasteiger partial charge < -0.3 is 14.2 Å². The van der Waals surface area contributed by atoms with Gasteiger partial charge in [0.05, 0.1) is 0 Å². The van der Waals surface area contributed by atoms with Gasteiger partial charge in [-0.1, -0.05) is 243 Å². The zero-order valence-electron chi connectivity index (χ0n) is 44.0. The Morgan fingerprint density at radius 3 is 0.894 bits per heavy atom. The topological polar surface area (TPSA) is 78.9 Å². The maximum absolute atomic E-state index is 12.8. The van der Waals surface area contributed by atoms with Gasteiger partial charge in [0.2, 0.25) is 0 Å². The van der Waals surface area contributed by atoms with E-state index in [1.165, 1.54) is 167 Å². The van der Waals surface area contributed by atoms with E-state index in [1.807, 2.05) is 0 Å². The number of unbranched alkanes of at least 4 members (excludes halogenated alkanes) is 33. The molecule has 0 saturated carbocycles. The van der Waals surface area contributed by atoms with E-state index in [-0.39, 0.29) is 31.1 Å². The Balaban J connectivity index is 4.36.